The molecule has 0 aromatic heterocycles. The first kappa shape index (κ1) is 16.7. The Morgan fingerprint density at radius 3 is 2.65 bits per heavy atom. The van der Waals surface area contributed by atoms with Gasteiger partial charge in [-0.3, -0.25) is 4.79 Å². The maximum atomic E-state index is 12.0. The van der Waals surface area contributed by atoms with Crippen molar-refractivity contribution in [2.24, 2.45) is 0 Å². The van der Waals surface area contributed by atoms with Gasteiger partial charge in [-0.25, -0.2) is 0 Å². The van der Waals surface area contributed by atoms with E-state index in [1.165, 1.54) is 5.56 Å². The van der Waals surface area contributed by atoms with Crippen molar-refractivity contribution in [2.75, 3.05) is 27.2 Å². The van der Waals surface area contributed by atoms with Crippen molar-refractivity contribution in [3.8, 4) is 0 Å². The van der Waals surface area contributed by atoms with E-state index in [1.54, 1.807) is 4.90 Å². The fourth-order valence-corrected chi connectivity index (χ4v) is 1.84. The molecule has 5 heteroatoms. The van der Waals surface area contributed by atoms with Crippen LogP contribution >= 0.6 is 35.0 Å². The highest BCUT2D eigenvalue weighted by atomic mass is 127. The van der Waals surface area contributed by atoms with Crippen LogP contribution in [0.25, 0.3) is 0 Å². The predicted molar refractivity (Wildman–Crippen MR) is 82.0 cm³/mol. The molecule has 1 aromatic carbocycles. The molecule has 1 rings (SSSR count). The summed E-state index contributed by atoms with van der Waals surface area (Å²) in [5.74, 6) is 0.0770. The molecule has 0 saturated heterocycles. The Morgan fingerprint density at radius 2 is 2.12 bits per heavy atom. The number of halogens is 2. The van der Waals surface area contributed by atoms with E-state index in [9.17, 15) is 4.79 Å². The van der Waals surface area contributed by atoms with Crippen LogP contribution in [0.3, 0.4) is 0 Å². The van der Waals surface area contributed by atoms with Gasteiger partial charge >= 0.3 is 0 Å². The molecule has 17 heavy (non-hydrogen) atoms. The van der Waals surface area contributed by atoms with Crippen LogP contribution < -0.4 is 5.32 Å². The second-order valence-corrected chi connectivity index (χ2v) is 4.96. The van der Waals surface area contributed by atoms with Crippen molar-refractivity contribution < 1.29 is 4.79 Å². The van der Waals surface area contributed by atoms with Crippen LogP contribution in [-0.4, -0.2) is 38.0 Å². The lowest BCUT2D eigenvalue weighted by Gasteiger charge is -2.17. The molecule has 0 spiro atoms. The van der Waals surface area contributed by atoms with E-state index in [-0.39, 0.29) is 18.3 Å². The van der Waals surface area contributed by atoms with Gasteiger partial charge in [0.05, 0.1) is 0 Å². The number of benzene rings is 1. The van der Waals surface area contributed by atoms with Gasteiger partial charge in [-0.2, -0.15) is 0 Å². The summed E-state index contributed by atoms with van der Waals surface area (Å²) in [7, 11) is 3.71. The van der Waals surface area contributed by atoms with Crippen LogP contribution in [0.5, 0.6) is 0 Å². The number of nitrogens with zero attached hydrogens (tertiary/aromatic N) is 1. The average molecular weight is 369 g/mol. The zero-order valence-electron chi connectivity index (χ0n) is 10.3. The van der Waals surface area contributed by atoms with Crippen molar-refractivity contribution >= 4 is 40.9 Å². The number of carbonyl (C=O) groups is 1. The highest BCUT2D eigenvalue weighted by molar-refractivity contribution is 14.1. The first-order valence-corrected chi connectivity index (χ1v) is 6.30. The molecule has 0 aliphatic heterocycles. The number of hydrogen-bond acceptors (Lipinski definition) is 2. The van der Waals surface area contributed by atoms with E-state index in [0.717, 1.165) is 22.2 Å². The standard InChI is InChI=1S/C12H17IN2O.ClH/c1-9-4-5-10(8-11(9)13)12(16)15(3)7-6-14-2;/h4-5,8,14H,6-7H2,1-3H3;1H. The molecular formula is C12H18ClIN2O. The fraction of sp³-hybridized carbons (Fsp3) is 0.417. The minimum Gasteiger partial charge on any atom is -0.340 e. The minimum atomic E-state index is 0. The molecule has 1 aromatic rings. The second kappa shape index (κ2) is 7.89. The summed E-state index contributed by atoms with van der Waals surface area (Å²) in [5.41, 5.74) is 1.96. The van der Waals surface area contributed by atoms with Gasteiger partial charge in [0.1, 0.15) is 0 Å². The Kier molecular flexibility index (Phi) is 7.74. The third-order valence-electron chi connectivity index (χ3n) is 2.46. The predicted octanol–water partition coefficient (Wildman–Crippen LogP) is 2.31. The topological polar surface area (TPSA) is 32.3 Å². The molecule has 96 valence electrons. The molecular weight excluding hydrogens is 351 g/mol. The Bertz CT molecular complexity index is 385. The molecule has 0 aliphatic carbocycles. The van der Waals surface area contributed by atoms with Gasteiger partial charge < -0.3 is 10.2 Å². The van der Waals surface area contributed by atoms with Gasteiger partial charge in [0.15, 0.2) is 0 Å². The zero-order valence-corrected chi connectivity index (χ0v) is 13.3. The van der Waals surface area contributed by atoms with Gasteiger partial charge in [-0.15, -0.1) is 12.4 Å². The maximum absolute atomic E-state index is 12.0. The average Bonchev–Trinajstić information content (AvgIpc) is 2.28. The van der Waals surface area contributed by atoms with E-state index in [0.29, 0.717) is 0 Å². The first-order valence-electron chi connectivity index (χ1n) is 5.22. The number of amides is 1. The minimum absolute atomic E-state index is 0. The number of aryl methyl sites for hydroxylation is 1. The molecule has 1 N–H and O–H groups in total. The third-order valence-corrected chi connectivity index (χ3v) is 3.62. The van der Waals surface area contributed by atoms with Crippen LogP contribution in [-0.2, 0) is 0 Å². The summed E-state index contributed by atoms with van der Waals surface area (Å²) in [6, 6.07) is 5.81. The van der Waals surface area contributed by atoms with Crippen LogP contribution in [0.15, 0.2) is 18.2 Å². The highest BCUT2D eigenvalue weighted by Gasteiger charge is 2.11. The summed E-state index contributed by atoms with van der Waals surface area (Å²) < 4.78 is 1.13. The van der Waals surface area contributed by atoms with Crippen molar-refractivity contribution in [1.82, 2.24) is 10.2 Å². The van der Waals surface area contributed by atoms with E-state index in [4.69, 9.17) is 0 Å². The van der Waals surface area contributed by atoms with Gasteiger partial charge in [-0.05, 0) is 54.3 Å². The van der Waals surface area contributed by atoms with E-state index >= 15 is 0 Å². The Hall–Kier alpha value is -0.330. The molecule has 3 nitrogen and oxygen atoms in total. The summed E-state index contributed by atoms with van der Waals surface area (Å²) in [5, 5.41) is 3.03. The van der Waals surface area contributed by atoms with E-state index in [2.05, 4.69) is 27.9 Å². The van der Waals surface area contributed by atoms with Crippen LogP contribution in [0.2, 0.25) is 0 Å². The molecule has 0 saturated carbocycles. The van der Waals surface area contributed by atoms with Gasteiger partial charge in [0, 0.05) is 29.3 Å². The second-order valence-electron chi connectivity index (χ2n) is 3.79. The molecule has 0 unspecified atom stereocenters. The summed E-state index contributed by atoms with van der Waals surface area (Å²) in [6.07, 6.45) is 0. The highest BCUT2D eigenvalue weighted by Crippen LogP contribution is 2.14. The molecule has 0 atom stereocenters. The quantitative estimate of drug-likeness (QED) is 0.827. The largest absolute Gasteiger partial charge is 0.340 e. The molecule has 0 bridgehead atoms. The Balaban J connectivity index is 0.00000256. The molecule has 0 fully saturated rings. The summed E-state index contributed by atoms with van der Waals surface area (Å²) in [6.45, 7) is 3.58. The van der Waals surface area contributed by atoms with Gasteiger partial charge in [0.2, 0.25) is 0 Å². The summed E-state index contributed by atoms with van der Waals surface area (Å²) >= 11 is 2.25. The SMILES string of the molecule is CNCCN(C)C(=O)c1ccc(C)c(I)c1.Cl. The van der Waals surface area contributed by atoms with Crippen LogP contribution in [0, 0.1) is 10.5 Å². The van der Waals surface area contributed by atoms with Crippen molar-refractivity contribution in [2.45, 2.75) is 6.92 Å². The number of likely N-dealkylation sites (N-methyl/N-ethyl adjacent to an activating group) is 2. The maximum Gasteiger partial charge on any atom is 0.253 e. The fourth-order valence-electron chi connectivity index (χ4n) is 1.33. The molecule has 0 radical (unpaired) electrons. The Labute approximate surface area is 123 Å². The van der Waals surface area contributed by atoms with Crippen molar-refractivity contribution in [3.05, 3.63) is 32.9 Å². The number of rotatable bonds is 4. The normalized spacial score (nSPS) is 9.65. The van der Waals surface area contributed by atoms with Crippen molar-refractivity contribution in [3.63, 3.8) is 0 Å². The molecule has 0 aliphatic rings. The van der Waals surface area contributed by atoms with Crippen LogP contribution in [0.1, 0.15) is 15.9 Å². The lowest BCUT2D eigenvalue weighted by Crippen LogP contribution is -2.32. The van der Waals surface area contributed by atoms with Crippen molar-refractivity contribution in [1.29, 1.82) is 0 Å². The summed E-state index contributed by atoms with van der Waals surface area (Å²) in [4.78, 5) is 13.7. The Morgan fingerprint density at radius 1 is 1.47 bits per heavy atom. The van der Waals surface area contributed by atoms with E-state index < -0.39 is 0 Å². The molecule has 0 heterocycles. The number of hydrogen-bond donors (Lipinski definition) is 1. The molecule has 1 amide bonds. The zero-order chi connectivity index (χ0) is 12.1. The third kappa shape index (κ3) is 4.81. The smallest absolute Gasteiger partial charge is 0.253 e. The lowest BCUT2D eigenvalue weighted by atomic mass is 10.1. The monoisotopic (exact) mass is 368 g/mol. The van der Waals surface area contributed by atoms with Gasteiger partial charge in [-0.1, -0.05) is 6.07 Å². The first-order chi connectivity index (χ1) is 7.56. The number of carbonyl (C=O) groups excluding carboxylic acids is 1. The van der Waals surface area contributed by atoms with E-state index in [1.807, 2.05) is 39.2 Å². The van der Waals surface area contributed by atoms with Gasteiger partial charge in [0.25, 0.3) is 5.91 Å². The number of nitrogens with one attached hydrogen (secondary N) is 1. The lowest BCUT2D eigenvalue weighted by molar-refractivity contribution is 0.0797. The van der Waals surface area contributed by atoms with Crippen LogP contribution in [0.4, 0.5) is 0 Å².